The van der Waals surface area contributed by atoms with E-state index in [1.54, 1.807) is 7.05 Å². The number of amides is 1. The highest BCUT2D eigenvalue weighted by molar-refractivity contribution is 5.79. The molecule has 82 valence electrons. The zero-order valence-electron chi connectivity index (χ0n) is 9.40. The maximum absolute atomic E-state index is 11.4. The van der Waals surface area contributed by atoms with Crippen LogP contribution in [0.2, 0.25) is 0 Å². The van der Waals surface area contributed by atoms with Crippen molar-refractivity contribution in [3.05, 3.63) is 35.4 Å². The van der Waals surface area contributed by atoms with Crippen molar-refractivity contribution in [2.75, 3.05) is 7.05 Å². The topological polar surface area (TPSA) is 40.5 Å². The molecule has 1 rings (SSSR count). The number of aliphatic hydroxyl groups excluding tert-OH is 1. The number of carbonyl (C=O) groups excluding carboxylic acids is 1. The summed E-state index contributed by atoms with van der Waals surface area (Å²) in [6.45, 7) is 4.03. The zero-order chi connectivity index (χ0) is 11.4. The summed E-state index contributed by atoms with van der Waals surface area (Å²) in [5, 5.41) is 9.13. The lowest BCUT2D eigenvalue weighted by Gasteiger charge is -2.18. The molecule has 0 aliphatic carbocycles. The first kappa shape index (κ1) is 11.7. The molecule has 1 N–H and O–H groups in total. The van der Waals surface area contributed by atoms with Gasteiger partial charge in [0, 0.05) is 13.6 Å². The Morgan fingerprint density at radius 1 is 1.53 bits per heavy atom. The molecule has 0 bridgehead atoms. The van der Waals surface area contributed by atoms with Crippen molar-refractivity contribution in [1.29, 1.82) is 0 Å². The molecule has 0 aliphatic rings. The minimum Gasteiger partial charge on any atom is -0.384 e. The molecule has 0 saturated carbocycles. The van der Waals surface area contributed by atoms with E-state index in [4.69, 9.17) is 5.11 Å². The maximum Gasteiger partial charge on any atom is 0.251 e. The molecule has 1 unspecified atom stereocenters. The van der Waals surface area contributed by atoms with Gasteiger partial charge < -0.3 is 10.0 Å². The molecule has 1 amide bonds. The first-order chi connectivity index (χ1) is 7.00. The van der Waals surface area contributed by atoms with Crippen LogP contribution in [0.3, 0.4) is 0 Å². The van der Waals surface area contributed by atoms with Gasteiger partial charge in [-0.05, 0) is 19.4 Å². The number of nitrogens with zero attached hydrogens (tertiary/aromatic N) is 1. The monoisotopic (exact) mass is 207 g/mol. The van der Waals surface area contributed by atoms with Gasteiger partial charge in [0.2, 0.25) is 0 Å². The Morgan fingerprint density at radius 2 is 2.20 bits per heavy atom. The average Bonchev–Trinajstić information content (AvgIpc) is 2.16. The van der Waals surface area contributed by atoms with Crippen LogP contribution in [0.1, 0.15) is 18.1 Å². The summed E-state index contributed by atoms with van der Waals surface area (Å²) in [6, 6.07) is 7.98. The van der Waals surface area contributed by atoms with Crippen molar-refractivity contribution in [2.24, 2.45) is 0 Å². The largest absolute Gasteiger partial charge is 0.384 e. The first-order valence-electron chi connectivity index (χ1n) is 4.99. The van der Waals surface area contributed by atoms with Crippen LogP contribution in [0, 0.1) is 6.92 Å². The van der Waals surface area contributed by atoms with Crippen LogP contribution in [0.5, 0.6) is 0 Å². The SMILES string of the molecule is Cc1cccc(CN(C)C(=O)C(C)O)c1. The lowest BCUT2D eigenvalue weighted by molar-refractivity contribution is -0.138. The molecule has 0 aliphatic heterocycles. The first-order valence-corrected chi connectivity index (χ1v) is 4.99. The predicted molar refractivity (Wildman–Crippen MR) is 59.3 cm³/mol. The minimum atomic E-state index is -0.931. The molecule has 0 heterocycles. The van der Waals surface area contributed by atoms with Crippen LogP contribution in [0.4, 0.5) is 0 Å². The van der Waals surface area contributed by atoms with Crippen molar-refractivity contribution in [2.45, 2.75) is 26.5 Å². The van der Waals surface area contributed by atoms with Gasteiger partial charge in [-0.15, -0.1) is 0 Å². The molecule has 1 aromatic rings. The molecule has 3 nitrogen and oxygen atoms in total. The van der Waals surface area contributed by atoms with Gasteiger partial charge in [0.25, 0.3) is 5.91 Å². The molecule has 0 aromatic heterocycles. The third-order valence-corrected chi connectivity index (χ3v) is 2.24. The van der Waals surface area contributed by atoms with E-state index in [1.807, 2.05) is 31.2 Å². The molecule has 0 spiro atoms. The Morgan fingerprint density at radius 3 is 2.73 bits per heavy atom. The highest BCUT2D eigenvalue weighted by Gasteiger charge is 2.14. The number of aliphatic hydroxyl groups is 1. The molecule has 3 heteroatoms. The zero-order valence-corrected chi connectivity index (χ0v) is 9.40. The van der Waals surface area contributed by atoms with Crippen molar-refractivity contribution in [3.63, 3.8) is 0 Å². The maximum atomic E-state index is 11.4. The molecule has 1 aromatic carbocycles. The van der Waals surface area contributed by atoms with Crippen molar-refractivity contribution in [3.8, 4) is 0 Å². The highest BCUT2D eigenvalue weighted by atomic mass is 16.3. The normalized spacial score (nSPS) is 12.3. The van der Waals surface area contributed by atoms with Crippen LogP contribution in [-0.4, -0.2) is 29.1 Å². The van der Waals surface area contributed by atoms with Crippen LogP contribution >= 0.6 is 0 Å². The lowest BCUT2D eigenvalue weighted by atomic mass is 10.1. The van der Waals surface area contributed by atoms with Gasteiger partial charge in [0.1, 0.15) is 6.10 Å². The predicted octanol–water partition coefficient (Wildman–Crippen LogP) is 1.33. The number of carbonyl (C=O) groups is 1. The van der Waals surface area contributed by atoms with Crippen LogP contribution in [0.25, 0.3) is 0 Å². The smallest absolute Gasteiger partial charge is 0.251 e. The number of benzene rings is 1. The Labute approximate surface area is 90.3 Å². The van der Waals surface area contributed by atoms with E-state index in [1.165, 1.54) is 17.4 Å². The second-order valence-corrected chi connectivity index (χ2v) is 3.86. The fraction of sp³-hybridized carbons (Fsp3) is 0.417. The number of rotatable bonds is 3. The highest BCUT2D eigenvalue weighted by Crippen LogP contribution is 2.07. The van der Waals surface area contributed by atoms with E-state index in [9.17, 15) is 4.79 Å². The summed E-state index contributed by atoms with van der Waals surface area (Å²) in [4.78, 5) is 12.9. The minimum absolute atomic E-state index is 0.253. The second kappa shape index (κ2) is 4.94. The molecule has 1 atom stereocenters. The average molecular weight is 207 g/mol. The molecule has 0 saturated heterocycles. The Balaban J connectivity index is 2.66. The summed E-state index contributed by atoms with van der Waals surface area (Å²) in [5.41, 5.74) is 2.25. The second-order valence-electron chi connectivity index (χ2n) is 3.86. The van der Waals surface area contributed by atoms with Gasteiger partial charge in [-0.2, -0.15) is 0 Å². The summed E-state index contributed by atoms with van der Waals surface area (Å²) >= 11 is 0. The summed E-state index contributed by atoms with van der Waals surface area (Å²) < 4.78 is 0. The number of likely N-dealkylation sites (N-methyl/N-ethyl adjacent to an activating group) is 1. The fourth-order valence-electron chi connectivity index (χ4n) is 1.48. The number of hydrogen-bond acceptors (Lipinski definition) is 2. The summed E-state index contributed by atoms with van der Waals surface area (Å²) in [7, 11) is 1.69. The molecule has 0 fully saturated rings. The van der Waals surface area contributed by atoms with E-state index in [2.05, 4.69) is 0 Å². The Bertz CT molecular complexity index is 347. The molecule has 15 heavy (non-hydrogen) atoms. The van der Waals surface area contributed by atoms with E-state index in [0.29, 0.717) is 6.54 Å². The van der Waals surface area contributed by atoms with Gasteiger partial charge in [0.15, 0.2) is 0 Å². The van der Waals surface area contributed by atoms with Gasteiger partial charge in [-0.25, -0.2) is 0 Å². The van der Waals surface area contributed by atoms with E-state index < -0.39 is 6.10 Å². The molecular weight excluding hydrogens is 190 g/mol. The van der Waals surface area contributed by atoms with Gasteiger partial charge in [0.05, 0.1) is 0 Å². The number of aryl methyl sites for hydroxylation is 1. The standard InChI is InChI=1S/C12H17NO2/c1-9-5-4-6-11(7-9)8-13(3)12(15)10(2)14/h4-7,10,14H,8H2,1-3H3. The van der Waals surface area contributed by atoms with Crippen LogP contribution in [0.15, 0.2) is 24.3 Å². The van der Waals surface area contributed by atoms with E-state index in [0.717, 1.165) is 5.56 Å². The van der Waals surface area contributed by atoms with Crippen LogP contribution < -0.4 is 0 Å². The van der Waals surface area contributed by atoms with Crippen LogP contribution in [-0.2, 0) is 11.3 Å². The Kier molecular flexibility index (Phi) is 3.86. The van der Waals surface area contributed by atoms with Crippen molar-refractivity contribution in [1.82, 2.24) is 4.90 Å². The van der Waals surface area contributed by atoms with Gasteiger partial charge in [-0.3, -0.25) is 4.79 Å². The van der Waals surface area contributed by atoms with E-state index >= 15 is 0 Å². The Hall–Kier alpha value is -1.35. The molecular formula is C12H17NO2. The number of hydrogen-bond donors (Lipinski definition) is 1. The van der Waals surface area contributed by atoms with E-state index in [-0.39, 0.29) is 5.91 Å². The van der Waals surface area contributed by atoms with Crippen molar-refractivity contribution >= 4 is 5.91 Å². The van der Waals surface area contributed by atoms with Gasteiger partial charge >= 0.3 is 0 Å². The fourth-order valence-corrected chi connectivity index (χ4v) is 1.48. The quantitative estimate of drug-likeness (QED) is 0.812. The lowest BCUT2D eigenvalue weighted by Crippen LogP contribution is -2.34. The third kappa shape index (κ3) is 3.36. The summed E-state index contributed by atoms with van der Waals surface area (Å²) in [6.07, 6.45) is -0.931. The molecule has 0 radical (unpaired) electrons. The summed E-state index contributed by atoms with van der Waals surface area (Å²) in [5.74, 6) is -0.253. The van der Waals surface area contributed by atoms with Gasteiger partial charge in [-0.1, -0.05) is 29.8 Å². The van der Waals surface area contributed by atoms with Crippen molar-refractivity contribution < 1.29 is 9.90 Å². The third-order valence-electron chi connectivity index (χ3n) is 2.24.